The van der Waals surface area contributed by atoms with Crippen LogP contribution in [0.25, 0.3) is 0 Å². The van der Waals surface area contributed by atoms with Crippen LogP contribution in [0.2, 0.25) is 0 Å². The van der Waals surface area contributed by atoms with E-state index in [2.05, 4.69) is 16.9 Å². The highest BCUT2D eigenvalue weighted by atomic mass is 19.1. The number of hydrogen-bond donors (Lipinski definition) is 2. The van der Waals surface area contributed by atoms with Crippen molar-refractivity contribution < 1.29 is 61.8 Å². The molecule has 1 aromatic heterocycles. The molecule has 5 aliphatic rings. The molecule has 1 aromatic carbocycles. The molecule has 14 nitrogen and oxygen atoms in total. The molecule has 12 atom stereocenters. The second kappa shape index (κ2) is 15.7. The van der Waals surface area contributed by atoms with Crippen LogP contribution in [-0.2, 0) is 42.7 Å². The molecule has 3 heterocycles. The quantitative estimate of drug-likeness (QED) is 0.165. The number of carbonyl (C=O) groups is 4. The first-order chi connectivity index (χ1) is 28.6. The summed E-state index contributed by atoms with van der Waals surface area (Å²) >= 11 is 0. The van der Waals surface area contributed by atoms with Gasteiger partial charge in [0, 0.05) is 30.4 Å². The van der Waals surface area contributed by atoms with E-state index in [1.807, 2.05) is 13.0 Å². The van der Waals surface area contributed by atoms with E-state index in [0.29, 0.717) is 11.1 Å². The van der Waals surface area contributed by atoms with Crippen LogP contribution in [0, 0.1) is 28.5 Å². The van der Waals surface area contributed by atoms with Crippen LogP contribution in [0.15, 0.2) is 84.6 Å². The number of aliphatic hydroxyl groups is 1. The summed E-state index contributed by atoms with van der Waals surface area (Å²) in [6.45, 7) is 18.8. The van der Waals surface area contributed by atoms with Crippen molar-refractivity contribution in [2.75, 3.05) is 6.61 Å². The van der Waals surface area contributed by atoms with E-state index in [4.69, 9.17) is 33.2 Å². The summed E-state index contributed by atoms with van der Waals surface area (Å²) in [7, 11) is 0. The lowest BCUT2D eigenvalue weighted by atomic mass is 9.46. The van der Waals surface area contributed by atoms with Crippen LogP contribution in [0.5, 0.6) is 0 Å². The summed E-state index contributed by atoms with van der Waals surface area (Å²) in [5, 5.41) is 16.4. The van der Waals surface area contributed by atoms with Crippen LogP contribution < -0.4 is 5.32 Å². The molecule has 7 rings (SSSR count). The minimum absolute atomic E-state index is 0.0886. The fourth-order valence-corrected chi connectivity index (χ4v) is 10.1. The van der Waals surface area contributed by atoms with Gasteiger partial charge in [-0.15, -0.1) is 0 Å². The number of benzene rings is 1. The van der Waals surface area contributed by atoms with Crippen LogP contribution in [0.1, 0.15) is 90.8 Å². The molecule has 2 N–H and O–H groups in total. The maximum absolute atomic E-state index is 15.4. The fraction of sp³-hybridized carbons (Fsp3) is 0.543. The molecule has 2 saturated heterocycles. The normalized spacial score (nSPS) is 34.4. The Balaban J connectivity index is 1.38. The van der Waals surface area contributed by atoms with Crippen molar-refractivity contribution in [2.24, 2.45) is 22.7 Å². The third-order valence-electron chi connectivity index (χ3n) is 13.1. The molecule has 1 amide bonds. The van der Waals surface area contributed by atoms with E-state index in [1.54, 1.807) is 78.0 Å². The first-order valence-corrected chi connectivity index (χ1v) is 20.5. The zero-order valence-electron chi connectivity index (χ0n) is 35.9. The molecule has 15 heteroatoms. The van der Waals surface area contributed by atoms with Crippen molar-refractivity contribution in [3.8, 4) is 0 Å². The average Bonchev–Trinajstić information content (AvgIpc) is 3.61. The standard InChI is InChI=1S/C46H55FN2O12/c1-11-31-57-35-32-24(2)29(56-39(51)25(3)33(34-28(47)18-15-21-48-34)49-41(53)61-42(5,6)7)22-46(54,43(32,8)9)38(59-40(52)27-16-13-12-14-17-27)36-44(10,37(35)58-31)20-19-30-45(36,23-55-30)60-26(4)50/h11-21,25,29-31,33,35-38,54H,1,22-23H2,2-10H3,(H,49,53)/t25-,29+,30-,31-,33-,35-,36+,37-,38+,44-,45+,46-/m1/s1. The summed E-state index contributed by atoms with van der Waals surface area (Å²) in [5.74, 6) is -5.30. The molecule has 2 bridgehead atoms. The van der Waals surface area contributed by atoms with Crippen molar-refractivity contribution in [1.82, 2.24) is 10.3 Å². The lowest BCUT2D eigenvalue weighted by Crippen LogP contribution is -2.78. The number of carbonyl (C=O) groups excluding carboxylic acids is 4. The molecule has 328 valence electrons. The number of fused-ring (bicyclic) bond motifs is 8. The Hall–Kier alpha value is -4.96. The number of esters is 3. The monoisotopic (exact) mass is 846 g/mol. The first-order valence-electron chi connectivity index (χ1n) is 20.5. The predicted molar refractivity (Wildman–Crippen MR) is 216 cm³/mol. The van der Waals surface area contributed by atoms with Crippen molar-refractivity contribution in [3.63, 3.8) is 0 Å². The van der Waals surface area contributed by atoms with Crippen LogP contribution in [0.4, 0.5) is 9.18 Å². The second-order valence-electron chi connectivity index (χ2n) is 18.5. The van der Waals surface area contributed by atoms with Crippen LogP contribution in [0.3, 0.4) is 0 Å². The molecule has 2 aromatic rings. The number of pyridine rings is 1. The minimum Gasteiger partial charge on any atom is -0.457 e. The Morgan fingerprint density at radius 3 is 2.38 bits per heavy atom. The summed E-state index contributed by atoms with van der Waals surface area (Å²) < 4.78 is 59.4. The van der Waals surface area contributed by atoms with Crippen molar-refractivity contribution in [1.29, 1.82) is 0 Å². The highest BCUT2D eigenvalue weighted by Gasteiger charge is 2.76. The maximum Gasteiger partial charge on any atom is 0.408 e. The summed E-state index contributed by atoms with van der Waals surface area (Å²) in [6.07, 6.45) is -0.840. The number of hydrogen-bond acceptors (Lipinski definition) is 13. The number of rotatable bonds is 9. The SMILES string of the molecule is C=C[C@@H]1O[C@@H]2C3=C(C)[C@@H](OC(=O)[C@H](C)[C@@H](NC(=O)OC(C)(C)C)c4ncccc4F)C[C@@](O)([C@@H](OC(=O)c4ccccc4)[C@H]4[C@@](C)(C=C[C@H]5OC[C@]54OC(C)=O)[C@@H]2O1)C3(C)C. The first kappa shape index (κ1) is 44.1. The van der Waals surface area contributed by atoms with Gasteiger partial charge < -0.3 is 43.6 Å². The summed E-state index contributed by atoms with van der Waals surface area (Å²) in [6, 6.07) is 9.49. The molecule has 1 saturated carbocycles. The molecule has 61 heavy (non-hydrogen) atoms. The topological polar surface area (TPSA) is 178 Å². The Bertz CT molecular complexity index is 2150. The number of alkyl carbamates (subject to hydrolysis) is 1. The third kappa shape index (κ3) is 7.46. The van der Waals surface area contributed by atoms with Gasteiger partial charge in [-0.1, -0.05) is 57.7 Å². The summed E-state index contributed by atoms with van der Waals surface area (Å²) in [4.78, 5) is 59.2. The lowest BCUT2D eigenvalue weighted by molar-refractivity contribution is -0.316. The highest BCUT2D eigenvalue weighted by Crippen LogP contribution is 2.65. The third-order valence-corrected chi connectivity index (χ3v) is 13.1. The zero-order chi connectivity index (χ0) is 44.4. The maximum atomic E-state index is 15.4. The molecule has 0 unspecified atom stereocenters. The molecule has 0 radical (unpaired) electrons. The molecular weight excluding hydrogens is 792 g/mol. The molecule has 0 spiro atoms. The number of nitrogens with one attached hydrogen (secondary N) is 1. The molecule has 3 aliphatic carbocycles. The highest BCUT2D eigenvalue weighted by molar-refractivity contribution is 5.89. The molecular formula is C46H55FN2O12. The minimum atomic E-state index is -2.09. The Morgan fingerprint density at radius 1 is 1.07 bits per heavy atom. The van der Waals surface area contributed by atoms with E-state index >= 15 is 4.39 Å². The number of aromatic nitrogens is 1. The van der Waals surface area contributed by atoms with Crippen molar-refractivity contribution in [2.45, 2.75) is 128 Å². The smallest absolute Gasteiger partial charge is 0.408 e. The Kier molecular flexibility index (Phi) is 11.4. The number of amides is 1. The average molecular weight is 847 g/mol. The predicted octanol–water partition coefficient (Wildman–Crippen LogP) is 6.24. The second-order valence-corrected chi connectivity index (χ2v) is 18.5. The van der Waals surface area contributed by atoms with Crippen molar-refractivity contribution in [3.05, 3.63) is 102 Å². The van der Waals surface area contributed by atoms with Gasteiger partial charge in [0.25, 0.3) is 0 Å². The van der Waals surface area contributed by atoms with E-state index < -0.39 is 112 Å². The van der Waals surface area contributed by atoms with Gasteiger partial charge in [-0.2, -0.15) is 0 Å². The van der Waals surface area contributed by atoms with Gasteiger partial charge >= 0.3 is 24.0 Å². The Labute approximate surface area is 354 Å². The van der Waals surface area contributed by atoms with Crippen molar-refractivity contribution >= 4 is 24.0 Å². The van der Waals surface area contributed by atoms with Gasteiger partial charge in [0.2, 0.25) is 0 Å². The molecule has 3 fully saturated rings. The lowest BCUT2D eigenvalue weighted by Gasteiger charge is -2.66. The van der Waals surface area contributed by atoms with Crippen LogP contribution >= 0.6 is 0 Å². The van der Waals surface area contributed by atoms with Gasteiger partial charge in [0.1, 0.15) is 47.5 Å². The van der Waals surface area contributed by atoms with Crippen LogP contribution in [-0.4, -0.2) is 94.3 Å². The zero-order valence-corrected chi connectivity index (χ0v) is 35.9. The van der Waals surface area contributed by atoms with Gasteiger partial charge in [-0.05, 0) is 76.1 Å². The number of nitrogens with zero attached hydrogens (tertiary/aromatic N) is 1. The largest absolute Gasteiger partial charge is 0.457 e. The van der Waals surface area contributed by atoms with E-state index in [9.17, 15) is 24.3 Å². The van der Waals surface area contributed by atoms with Gasteiger partial charge in [0.05, 0.1) is 35.7 Å². The van der Waals surface area contributed by atoms with Gasteiger partial charge in [-0.25, -0.2) is 14.0 Å². The fourth-order valence-electron chi connectivity index (χ4n) is 10.1. The summed E-state index contributed by atoms with van der Waals surface area (Å²) in [5.41, 5.74) is -5.89. The molecule has 2 aliphatic heterocycles. The van der Waals surface area contributed by atoms with E-state index in [1.165, 1.54) is 32.2 Å². The van der Waals surface area contributed by atoms with E-state index in [-0.39, 0.29) is 24.3 Å². The van der Waals surface area contributed by atoms with Gasteiger partial charge in [-0.3, -0.25) is 14.6 Å². The van der Waals surface area contributed by atoms with E-state index in [0.717, 1.165) is 6.07 Å². The number of ether oxygens (including phenoxy) is 7. The Morgan fingerprint density at radius 2 is 1.77 bits per heavy atom. The number of halogens is 1. The van der Waals surface area contributed by atoms with Gasteiger partial charge in [0.15, 0.2) is 11.9 Å².